The Hall–Kier alpha value is -2.72. The first-order valence-corrected chi connectivity index (χ1v) is 13.6. The van der Waals surface area contributed by atoms with E-state index in [0.717, 1.165) is 51.3 Å². The van der Waals surface area contributed by atoms with E-state index in [1.165, 1.54) is 19.3 Å². The molecular formula is C28H50N2O8. The lowest BCUT2D eigenvalue weighted by Gasteiger charge is -2.26. The van der Waals surface area contributed by atoms with Crippen molar-refractivity contribution in [3.63, 3.8) is 0 Å². The van der Waals surface area contributed by atoms with Crippen molar-refractivity contribution in [2.45, 2.75) is 91.0 Å². The van der Waals surface area contributed by atoms with E-state index in [0.29, 0.717) is 24.8 Å². The molecule has 0 aromatic carbocycles. The lowest BCUT2D eigenvalue weighted by molar-refractivity contribution is -0.144. The molecule has 10 nitrogen and oxygen atoms in total. The Bertz CT molecular complexity index is 684. The third-order valence-corrected chi connectivity index (χ3v) is 5.71. The molecule has 0 saturated carbocycles. The Morgan fingerprint density at radius 1 is 0.895 bits per heavy atom. The summed E-state index contributed by atoms with van der Waals surface area (Å²) in [4.78, 5) is 46.8. The average Bonchev–Trinajstić information content (AvgIpc) is 3.29. The number of hydrogen-bond acceptors (Lipinski definition) is 8. The minimum atomic E-state index is -0.501. The molecule has 2 aliphatic heterocycles. The minimum absolute atomic E-state index is 0.0465. The summed E-state index contributed by atoms with van der Waals surface area (Å²) >= 11 is 0. The van der Waals surface area contributed by atoms with Crippen molar-refractivity contribution in [1.29, 1.82) is 0 Å². The molecule has 1 unspecified atom stereocenters. The molecular weight excluding hydrogens is 492 g/mol. The molecule has 0 aliphatic carbocycles. The summed E-state index contributed by atoms with van der Waals surface area (Å²) in [5, 5.41) is 16.2. The van der Waals surface area contributed by atoms with Crippen LogP contribution >= 0.6 is 0 Å². The van der Waals surface area contributed by atoms with Gasteiger partial charge in [0.05, 0.1) is 13.2 Å². The second-order valence-electron chi connectivity index (χ2n) is 8.63. The normalized spacial score (nSPS) is 15.9. The van der Waals surface area contributed by atoms with Crippen LogP contribution in [0.1, 0.15) is 85.0 Å². The zero-order valence-corrected chi connectivity index (χ0v) is 23.7. The summed E-state index contributed by atoms with van der Waals surface area (Å²) in [6.07, 6.45) is 12.4. The molecule has 0 radical (unpaired) electrons. The number of aliphatic hydroxyl groups is 2. The van der Waals surface area contributed by atoms with Gasteiger partial charge < -0.3 is 29.5 Å². The van der Waals surface area contributed by atoms with Crippen molar-refractivity contribution in [1.82, 2.24) is 9.80 Å². The SMILES string of the molecule is C=CC(=O)OCCO.C=CN1CCCCCC1=O.CCC(=O)OCCO.CCC(C)N1CCCCCC1=O. The highest BCUT2D eigenvalue weighted by Gasteiger charge is 2.20. The largest absolute Gasteiger partial charge is 0.463 e. The number of nitrogens with zero attached hydrogens (tertiary/aromatic N) is 2. The first-order chi connectivity index (χ1) is 18.2. The second-order valence-corrected chi connectivity index (χ2v) is 8.63. The van der Waals surface area contributed by atoms with E-state index in [1.807, 2.05) is 4.90 Å². The van der Waals surface area contributed by atoms with Gasteiger partial charge in [-0.2, -0.15) is 0 Å². The number of aliphatic hydroxyl groups excluding tert-OH is 2. The number of amides is 2. The number of likely N-dealkylation sites (tertiary alicyclic amines) is 2. The lowest BCUT2D eigenvalue weighted by atomic mass is 10.2. The van der Waals surface area contributed by atoms with Gasteiger partial charge in [0.1, 0.15) is 13.2 Å². The van der Waals surface area contributed by atoms with Crippen molar-refractivity contribution in [3.05, 3.63) is 25.4 Å². The van der Waals surface area contributed by atoms with E-state index in [2.05, 4.69) is 36.5 Å². The highest BCUT2D eigenvalue weighted by Crippen LogP contribution is 2.15. The van der Waals surface area contributed by atoms with Crippen molar-refractivity contribution in [2.75, 3.05) is 39.5 Å². The van der Waals surface area contributed by atoms with E-state index in [4.69, 9.17) is 10.2 Å². The maximum absolute atomic E-state index is 11.5. The van der Waals surface area contributed by atoms with Crippen LogP contribution in [0.5, 0.6) is 0 Å². The van der Waals surface area contributed by atoms with Gasteiger partial charge in [-0.25, -0.2) is 4.79 Å². The number of carbonyl (C=O) groups excluding carboxylic acids is 4. The summed E-state index contributed by atoms with van der Waals surface area (Å²) in [5.74, 6) is -0.174. The molecule has 0 aromatic rings. The fourth-order valence-electron chi connectivity index (χ4n) is 3.35. The Morgan fingerprint density at radius 3 is 1.95 bits per heavy atom. The van der Waals surface area contributed by atoms with Gasteiger partial charge in [-0.1, -0.05) is 39.8 Å². The number of rotatable bonds is 9. The maximum Gasteiger partial charge on any atom is 0.330 e. The summed E-state index contributed by atoms with van der Waals surface area (Å²) in [6, 6.07) is 0.440. The van der Waals surface area contributed by atoms with Gasteiger partial charge in [-0.05, 0) is 45.2 Å². The standard InChI is InChI=1S/C10H19NO.C8H13NO.C5H10O3.C5H8O3/c1-3-9(2)11-8-6-4-5-7-10(11)12;1-2-9-7-5-3-4-6-8(9)10;2*1-2-5(7)8-4-3-6/h9H,3-8H2,1-2H3;2H,1,3-7H2;6H,2-4H2,1H3;2,6H,1,3-4H2. The number of ether oxygens (including phenoxy) is 2. The third-order valence-electron chi connectivity index (χ3n) is 5.71. The summed E-state index contributed by atoms with van der Waals surface area (Å²) in [5.41, 5.74) is 0. The Kier molecular flexibility index (Phi) is 25.5. The highest BCUT2D eigenvalue weighted by atomic mass is 16.5. The van der Waals surface area contributed by atoms with E-state index in [1.54, 1.807) is 18.0 Å². The smallest absolute Gasteiger partial charge is 0.330 e. The molecule has 2 heterocycles. The van der Waals surface area contributed by atoms with Crippen molar-refractivity contribution >= 4 is 23.8 Å². The maximum atomic E-state index is 11.5. The zero-order valence-electron chi connectivity index (χ0n) is 23.7. The van der Waals surface area contributed by atoms with E-state index in [9.17, 15) is 19.2 Å². The van der Waals surface area contributed by atoms with Gasteiger partial charge >= 0.3 is 11.9 Å². The fraction of sp³-hybridized carbons (Fsp3) is 0.714. The number of hydrogen-bond donors (Lipinski definition) is 2. The van der Waals surface area contributed by atoms with E-state index in [-0.39, 0.29) is 38.3 Å². The summed E-state index contributed by atoms with van der Waals surface area (Å²) < 4.78 is 8.78. The predicted molar refractivity (Wildman–Crippen MR) is 147 cm³/mol. The molecule has 0 aromatic heterocycles. The Morgan fingerprint density at radius 2 is 1.45 bits per heavy atom. The third kappa shape index (κ3) is 20.4. The van der Waals surface area contributed by atoms with Crippen LogP contribution in [0.3, 0.4) is 0 Å². The molecule has 0 spiro atoms. The lowest BCUT2D eigenvalue weighted by Crippen LogP contribution is -2.37. The van der Waals surface area contributed by atoms with Crippen LogP contribution in [-0.2, 0) is 28.7 Å². The number of carbonyl (C=O) groups is 4. The molecule has 2 amide bonds. The fourth-order valence-corrected chi connectivity index (χ4v) is 3.35. The van der Waals surface area contributed by atoms with Crippen LogP contribution in [0.25, 0.3) is 0 Å². The Labute approximate surface area is 228 Å². The molecule has 220 valence electrons. The molecule has 2 N–H and O–H groups in total. The molecule has 2 fully saturated rings. The highest BCUT2D eigenvalue weighted by molar-refractivity contribution is 5.81. The average molecular weight is 543 g/mol. The van der Waals surface area contributed by atoms with Gasteiger partial charge in [-0.3, -0.25) is 14.4 Å². The van der Waals surface area contributed by atoms with Gasteiger partial charge in [0, 0.05) is 44.5 Å². The Balaban J connectivity index is 0. The van der Waals surface area contributed by atoms with Crippen molar-refractivity contribution in [3.8, 4) is 0 Å². The molecule has 2 rings (SSSR count). The molecule has 2 saturated heterocycles. The monoisotopic (exact) mass is 542 g/mol. The predicted octanol–water partition coefficient (Wildman–Crippen LogP) is 3.36. The van der Waals surface area contributed by atoms with Crippen LogP contribution in [0, 0.1) is 0 Å². The van der Waals surface area contributed by atoms with E-state index >= 15 is 0 Å². The second kappa shape index (κ2) is 25.9. The molecule has 2 aliphatic rings. The van der Waals surface area contributed by atoms with Crippen LogP contribution in [-0.4, -0.2) is 89.3 Å². The molecule has 38 heavy (non-hydrogen) atoms. The van der Waals surface area contributed by atoms with E-state index < -0.39 is 5.97 Å². The zero-order chi connectivity index (χ0) is 29.2. The first kappa shape index (κ1) is 37.4. The molecule has 10 heteroatoms. The van der Waals surface area contributed by atoms with Crippen LogP contribution in [0.2, 0.25) is 0 Å². The quantitative estimate of drug-likeness (QED) is 0.335. The van der Waals surface area contributed by atoms with Crippen molar-refractivity contribution in [2.24, 2.45) is 0 Å². The van der Waals surface area contributed by atoms with Crippen LogP contribution in [0.4, 0.5) is 0 Å². The van der Waals surface area contributed by atoms with Gasteiger partial charge in [-0.15, -0.1) is 0 Å². The van der Waals surface area contributed by atoms with Crippen molar-refractivity contribution < 1.29 is 38.9 Å². The van der Waals surface area contributed by atoms with Crippen LogP contribution < -0.4 is 0 Å². The van der Waals surface area contributed by atoms with Gasteiger partial charge in [0.25, 0.3) is 0 Å². The molecule has 1 atom stereocenters. The van der Waals surface area contributed by atoms with Crippen LogP contribution in [0.15, 0.2) is 25.4 Å². The summed E-state index contributed by atoms with van der Waals surface area (Å²) in [6.45, 7) is 14.5. The van der Waals surface area contributed by atoms with Gasteiger partial charge in [0.15, 0.2) is 0 Å². The molecule has 0 bridgehead atoms. The number of esters is 2. The topological polar surface area (TPSA) is 134 Å². The first-order valence-electron chi connectivity index (χ1n) is 13.6. The minimum Gasteiger partial charge on any atom is -0.463 e. The summed E-state index contributed by atoms with van der Waals surface area (Å²) in [7, 11) is 0. The van der Waals surface area contributed by atoms with Gasteiger partial charge in [0.2, 0.25) is 11.8 Å².